The normalized spacial score (nSPS) is 26.2. The second-order valence-corrected chi connectivity index (χ2v) is 7.47. The molecular formula is C22H22O9. The maximum absolute atomic E-state index is 12.6. The second kappa shape index (κ2) is 8.29. The van der Waals surface area contributed by atoms with Gasteiger partial charge in [0.25, 0.3) is 0 Å². The largest absolute Gasteiger partial charge is 0.507 e. The Labute approximate surface area is 176 Å². The van der Waals surface area contributed by atoms with Gasteiger partial charge >= 0.3 is 0 Å². The number of phenols is 1. The highest BCUT2D eigenvalue weighted by Crippen LogP contribution is 2.33. The summed E-state index contributed by atoms with van der Waals surface area (Å²) in [6, 6.07) is 11.1. The molecule has 0 aliphatic carbocycles. The van der Waals surface area contributed by atoms with E-state index in [-0.39, 0.29) is 16.7 Å². The first kappa shape index (κ1) is 21.3. The summed E-state index contributed by atoms with van der Waals surface area (Å²) < 4.78 is 16.7. The highest BCUT2D eigenvalue weighted by atomic mass is 16.7. The van der Waals surface area contributed by atoms with Gasteiger partial charge in [0.1, 0.15) is 52.6 Å². The Morgan fingerprint density at radius 3 is 2.39 bits per heavy atom. The summed E-state index contributed by atoms with van der Waals surface area (Å²) in [6.07, 6.45) is -7.36. The first-order valence-electron chi connectivity index (χ1n) is 9.63. The van der Waals surface area contributed by atoms with Crippen molar-refractivity contribution in [2.45, 2.75) is 37.6 Å². The molecule has 2 heterocycles. The van der Waals surface area contributed by atoms with Gasteiger partial charge in [0.15, 0.2) is 5.43 Å². The fraction of sp³-hybridized carbons (Fsp3) is 0.318. The Kier molecular flexibility index (Phi) is 5.69. The van der Waals surface area contributed by atoms with E-state index in [1.807, 2.05) is 19.1 Å². The van der Waals surface area contributed by atoms with E-state index in [0.717, 1.165) is 11.6 Å². The zero-order chi connectivity index (χ0) is 22.3. The topological polar surface area (TPSA) is 150 Å². The van der Waals surface area contributed by atoms with E-state index in [4.69, 9.17) is 13.9 Å². The van der Waals surface area contributed by atoms with Crippen molar-refractivity contribution in [1.82, 2.24) is 0 Å². The molecule has 3 aromatic rings. The molecule has 0 bridgehead atoms. The van der Waals surface area contributed by atoms with Crippen molar-refractivity contribution in [2.24, 2.45) is 0 Å². The molecule has 5 atom stereocenters. The lowest BCUT2D eigenvalue weighted by atomic mass is 9.99. The van der Waals surface area contributed by atoms with Gasteiger partial charge in [-0.15, -0.1) is 0 Å². The summed E-state index contributed by atoms with van der Waals surface area (Å²) in [6.45, 7) is 1.32. The predicted octanol–water partition coefficient (Wildman–Crippen LogP) is 0.653. The number of aryl methyl sites for hydroxylation is 1. The van der Waals surface area contributed by atoms with Crippen LogP contribution in [0.2, 0.25) is 0 Å². The van der Waals surface area contributed by atoms with Gasteiger partial charge in [-0.3, -0.25) is 4.79 Å². The highest BCUT2D eigenvalue weighted by molar-refractivity contribution is 5.86. The number of aliphatic hydroxyl groups is 4. The molecule has 31 heavy (non-hydrogen) atoms. The van der Waals surface area contributed by atoms with Crippen LogP contribution in [0.1, 0.15) is 5.56 Å². The standard InChI is InChI=1S/C22H22O9/c1-10-2-4-11(5-3-10)15-8-14(25)18-13(24)6-12(7-16(18)30-15)29-22-21(28)20(27)19(26)17(9-23)31-22/h2-8,17,19-24,26-28H,9H2,1H3/t17-,19-,20+,21-,22-/m1/s1. The molecule has 0 unspecified atom stereocenters. The lowest BCUT2D eigenvalue weighted by Gasteiger charge is -2.39. The van der Waals surface area contributed by atoms with E-state index < -0.39 is 48.5 Å². The summed E-state index contributed by atoms with van der Waals surface area (Å²) in [4.78, 5) is 12.6. The Balaban J connectivity index is 1.71. The molecule has 2 aromatic carbocycles. The number of ether oxygens (including phenoxy) is 2. The number of fused-ring (bicyclic) bond motifs is 1. The molecule has 0 spiro atoms. The van der Waals surface area contributed by atoms with Crippen LogP contribution in [0.4, 0.5) is 0 Å². The molecule has 9 heteroatoms. The molecule has 9 nitrogen and oxygen atoms in total. The number of hydrogen-bond donors (Lipinski definition) is 5. The minimum Gasteiger partial charge on any atom is -0.507 e. The van der Waals surface area contributed by atoms with Crippen molar-refractivity contribution in [1.29, 1.82) is 0 Å². The van der Waals surface area contributed by atoms with Gasteiger partial charge in [0, 0.05) is 23.8 Å². The maximum Gasteiger partial charge on any atom is 0.229 e. The smallest absolute Gasteiger partial charge is 0.229 e. The van der Waals surface area contributed by atoms with Crippen molar-refractivity contribution in [3.8, 4) is 22.8 Å². The Hall–Kier alpha value is -2.95. The Morgan fingerprint density at radius 2 is 1.71 bits per heavy atom. The van der Waals surface area contributed by atoms with Crippen molar-refractivity contribution >= 4 is 11.0 Å². The van der Waals surface area contributed by atoms with Gasteiger partial charge in [-0.2, -0.15) is 0 Å². The Morgan fingerprint density at radius 1 is 1.00 bits per heavy atom. The first-order chi connectivity index (χ1) is 14.8. The number of benzene rings is 2. The predicted molar refractivity (Wildman–Crippen MR) is 109 cm³/mol. The van der Waals surface area contributed by atoms with Crippen LogP contribution >= 0.6 is 0 Å². The molecular weight excluding hydrogens is 408 g/mol. The van der Waals surface area contributed by atoms with Crippen molar-refractivity contribution in [3.05, 3.63) is 58.3 Å². The van der Waals surface area contributed by atoms with Gasteiger partial charge in [-0.25, -0.2) is 0 Å². The molecule has 1 aromatic heterocycles. The summed E-state index contributed by atoms with van der Waals surface area (Å²) >= 11 is 0. The molecule has 1 fully saturated rings. The maximum atomic E-state index is 12.6. The van der Waals surface area contributed by atoms with E-state index in [0.29, 0.717) is 11.3 Å². The molecule has 4 rings (SSSR count). The molecule has 1 aliphatic rings. The first-order valence-corrected chi connectivity index (χ1v) is 9.63. The zero-order valence-electron chi connectivity index (χ0n) is 16.5. The fourth-order valence-corrected chi connectivity index (χ4v) is 3.47. The van der Waals surface area contributed by atoms with Gasteiger partial charge in [-0.1, -0.05) is 29.8 Å². The van der Waals surface area contributed by atoms with E-state index >= 15 is 0 Å². The highest BCUT2D eigenvalue weighted by Gasteiger charge is 2.44. The van der Waals surface area contributed by atoms with Crippen LogP contribution in [0.15, 0.2) is 51.7 Å². The fourth-order valence-electron chi connectivity index (χ4n) is 3.47. The van der Waals surface area contributed by atoms with Crippen molar-refractivity contribution in [3.63, 3.8) is 0 Å². The SMILES string of the molecule is Cc1ccc(-c2cc(=O)c3c(O)cc(O[C@@H]4O[C@H](CO)[C@@H](O)[C@H](O)[C@H]4O)cc3o2)cc1. The number of rotatable bonds is 4. The van der Waals surface area contributed by atoms with E-state index in [1.54, 1.807) is 12.1 Å². The zero-order valence-corrected chi connectivity index (χ0v) is 16.5. The van der Waals surface area contributed by atoms with Crippen LogP contribution in [0.3, 0.4) is 0 Å². The van der Waals surface area contributed by atoms with Crippen LogP contribution in [0.25, 0.3) is 22.3 Å². The molecule has 164 valence electrons. The number of phenolic OH excluding ortho intramolecular Hbond substituents is 1. The van der Waals surface area contributed by atoms with Crippen molar-refractivity contribution in [2.75, 3.05) is 6.61 Å². The average Bonchev–Trinajstić information content (AvgIpc) is 2.74. The minimum atomic E-state index is -1.62. The second-order valence-electron chi connectivity index (χ2n) is 7.47. The van der Waals surface area contributed by atoms with Gasteiger partial charge in [0.2, 0.25) is 6.29 Å². The number of aromatic hydroxyl groups is 1. The average molecular weight is 430 g/mol. The van der Waals surface area contributed by atoms with Crippen molar-refractivity contribution < 1.29 is 39.4 Å². The van der Waals surface area contributed by atoms with Crippen LogP contribution in [0.5, 0.6) is 11.5 Å². The van der Waals surface area contributed by atoms with Gasteiger partial charge < -0.3 is 39.4 Å². The van der Waals surface area contributed by atoms with E-state index in [2.05, 4.69) is 0 Å². The van der Waals surface area contributed by atoms with Crippen LogP contribution in [0, 0.1) is 6.92 Å². The summed E-state index contributed by atoms with van der Waals surface area (Å²) in [5.41, 5.74) is 1.31. The number of hydrogen-bond acceptors (Lipinski definition) is 9. The molecule has 0 saturated carbocycles. The molecule has 1 saturated heterocycles. The minimum absolute atomic E-state index is 0.0152. The third kappa shape index (κ3) is 4.01. The molecule has 0 amide bonds. The number of aliphatic hydroxyl groups excluding tert-OH is 4. The van der Waals surface area contributed by atoms with Crippen LogP contribution < -0.4 is 10.2 Å². The monoisotopic (exact) mass is 430 g/mol. The molecule has 0 radical (unpaired) electrons. The van der Waals surface area contributed by atoms with Gasteiger partial charge in [-0.05, 0) is 6.92 Å². The third-order valence-corrected chi connectivity index (χ3v) is 5.22. The van der Waals surface area contributed by atoms with E-state index in [1.165, 1.54) is 12.1 Å². The van der Waals surface area contributed by atoms with E-state index in [9.17, 15) is 30.3 Å². The van der Waals surface area contributed by atoms with Crippen LogP contribution in [-0.2, 0) is 4.74 Å². The van der Waals surface area contributed by atoms with Crippen LogP contribution in [-0.4, -0.2) is 62.8 Å². The van der Waals surface area contributed by atoms with Gasteiger partial charge in [0.05, 0.1) is 6.61 Å². The summed E-state index contributed by atoms with van der Waals surface area (Å²) in [5, 5.41) is 49.5. The lowest BCUT2D eigenvalue weighted by molar-refractivity contribution is -0.277. The molecule has 1 aliphatic heterocycles. The quantitative estimate of drug-likeness (QED) is 0.402. The Bertz CT molecular complexity index is 1140. The third-order valence-electron chi connectivity index (χ3n) is 5.22. The summed E-state index contributed by atoms with van der Waals surface area (Å²) in [7, 11) is 0. The molecule has 5 N–H and O–H groups in total. The lowest BCUT2D eigenvalue weighted by Crippen LogP contribution is -2.60. The summed E-state index contributed by atoms with van der Waals surface area (Å²) in [5.74, 6) is -0.123.